The second kappa shape index (κ2) is 8.25. The summed E-state index contributed by atoms with van der Waals surface area (Å²) in [6, 6.07) is 0.548. The third-order valence-electron chi connectivity index (χ3n) is 2.85. The molecule has 98 valence electrons. The molecule has 1 unspecified atom stereocenters. The van der Waals surface area contributed by atoms with E-state index in [1.165, 1.54) is 5.56 Å². The van der Waals surface area contributed by atoms with Crippen molar-refractivity contribution in [1.82, 2.24) is 15.1 Å². The molecule has 0 aliphatic rings. The minimum absolute atomic E-state index is 0.548. The fourth-order valence-electron chi connectivity index (χ4n) is 1.95. The smallest absolute Gasteiger partial charge is 0.0521 e. The predicted octanol–water partition coefficient (Wildman–Crippen LogP) is 1.76. The van der Waals surface area contributed by atoms with Crippen LogP contribution in [0.5, 0.6) is 0 Å². The zero-order chi connectivity index (χ0) is 12.5. The molecule has 0 aliphatic heterocycles. The average Bonchev–Trinajstić information content (AvgIpc) is 2.72. The van der Waals surface area contributed by atoms with Gasteiger partial charge in [-0.1, -0.05) is 6.92 Å². The third kappa shape index (κ3) is 5.84. The van der Waals surface area contributed by atoms with Crippen LogP contribution in [0.25, 0.3) is 0 Å². The van der Waals surface area contributed by atoms with Crippen LogP contribution in [0, 0.1) is 0 Å². The molecule has 1 rings (SSSR count). The predicted molar refractivity (Wildman–Crippen MR) is 70.1 cm³/mol. The van der Waals surface area contributed by atoms with Crippen LogP contribution >= 0.6 is 0 Å². The van der Waals surface area contributed by atoms with Crippen molar-refractivity contribution in [3.63, 3.8) is 0 Å². The molecule has 17 heavy (non-hydrogen) atoms. The summed E-state index contributed by atoms with van der Waals surface area (Å²) in [5, 5.41) is 7.70. The lowest BCUT2D eigenvalue weighted by molar-refractivity contribution is 0.135. The van der Waals surface area contributed by atoms with Gasteiger partial charge in [-0.2, -0.15) is 5.10 Å². The normalized spacial score (nSPS) is 12.9. The van der Waals surface area contributed by atoms with Gasteiger partial charge in [-0.25, -0.2) is 0 Å². The molecule has 0 saturated carbocycles. The van der Waals surface area contributed by atoms with E-state index in [-0.39, 0.29) is 0 Å². The standard InChI is InChI=1S/C13H25N3O/c1-4-14-13(8-9-17-5-2)7-6-12-10-15-16(3)11-12/h10-11,13-14H,4-9H2,1-3H3. The van der Waals surface area contributed by atoms with E-state index < -0.39 is 0 Å². The Morgan fingerprint density at radius 2 is 2.24 bits per heavy atom. The van der Waals surface area contributed by atoms with Crippen molar-refractivity contribution in [1.29, 1.82) is 0 Å². The number of aromatic nitrogens is 2. The van der Waals surface area contributed by atoms with E-state index in [4.69, 9.17) is 4.74 Å². The Balaban J connectivity index is 2.27. The number of aryl methyl sites for hydroxylation is 2. The first-order valence-corrected chi connectivity index (χ1v) is 6.54. The van der Waals surface area contributed by atoms with Crippen LogP contribution in [0.2, 0.25) is 0 Å². The van der Waals surface area contributed by atoms with Gasteiger partial charge < -0.3 is 10.1 Å². The van der Waals surface area contributed by atoms with Crippen LogP contribution < -0.4 is 5.32 Å². The molecule has 1 atom stereocenters. The molecule has 4 nitrogen and oxygen atoms in total. The van der Waals surface area contributed by atoms with Gasteiger partial charge in [-0.15, -0.1) is 0 Å². The highest BCUT2D eigenvalue weighted by Crippen LogP contribution is 2.06. The van der Waals surface area contributed by atoms with Gasteiger partial charge in [-0.3, -0.25) is 4.68 Å². The summed E-state index contributed by atoms with van der Waals surface area (Å²) < 4.78 is 7.27. The molecule has 0 aromatic carbocycles. The number of hydrogen-bond donors (Lipinski definition) is 1. The largest absolute Gasteiger partial charge is 0.382 e. The molecule has 0 spiro atoms. The first-order chi connectivity index (χ1) is 8.26. The minimum Gasteiger partial charge on any atom is -0.382 e. The van der Waals surface area contributed by atoms with E-state index in [1.54, 1.807) is 0 Å². The fraction of sp³-hybridized carbons (Fsp3) is 0.769. The van der Waals surface area contributed by atoms with Gasteiger partial charge in [0.2, 0.25) is 0 Å². The lowest BCUT2D eigenvalue weighted by Gasteiger charge is -2.17. The van der Waals surface area contributed by atoms with E-state index in [9.17, 15) is 0 Å². The lowest BCUT2D eigenvalue weighted by atomic mass is 10.1. The topological polar surface area (TPSA) is 39.1 Å². The summed E-state index contributed by atoms with van der Waals surface area (Å²) in [6.45, 7) is 6.86. The molecule has 0 radical (unpaired) electrons. The second-order valence-electron chi connectivity index (χ2n) is 4.30. The Morgan fingerprint density at radius 3 is 2.82 bits per heavy atom. The monoisotopic (exact) mass is 239 g/mol. The van der Waals surface area contributed by atoms with Crippen LogP contribution in [0.15, 0.2) is 12.4 Å². The molecule has 0 fully saturated rings. The Labute approximate surface area is 104 Å². The average molecular weight is 239 g/mol. The number of ether oxygens (including phenoxy) is 1. The highest BCUT2D eigenvalue weighted by Gasteiger charge is 2.08. The summed E-state index contributed by atoms with van der Waals surface area (Å²) in [5.41, 5.74) is 1.31. The van der Waals surface area contributed by atoms with Gasteiger partial charge >= 0.3 is 0 Å². The van der Waals surface area contributed by atoms with Crippen LogP contribution in [0.4, 0.5) is 0 Å². The molecule has 0 bridgehead atoms. The summed E-state index contributed by atoms with van der Waals surface area (Å²) in [4.78, 5) is 0. The molecular formula is C13H25N3O. The highest BCUT2D eigenvalue weighted by atomic mass is 16.5. The van der Waals surface area contributed by atoms with Gasteiger partial charge in [0.05, 0.1) is 6.20 Å². The summed E-state index contributed by atoms with van der Waals surface area (Å²) in [5.74, 6) is 0. The van der Waals surface area contributed by atoms with Crippen LogP contribution in [-0.2, 0) is 18.2 Å². The van der Waals surface area contributed by atoms with E-state index >= 15 is 0 Å². The summed E-state index contributed by atoms with van der Waals surface area (Å²) >= 11 is 0. The summed E-state index contributed by atoms with van der Waals surface area (Å²) in [7, 11) is 1.96. The number of rotatable bonds is 9. The van der Waals surface area contributed by atoms with E-state index in [1.807, 2.05) is 24.9 Å². The first kappa shape index (κ1) is 14.2. The molecule has 1 N–H and O–H groups in total. The fourth-order valence-corrected chi connectivity index (χ4v) is 1.95. The Kier molecular flexibility index (Phi) is 6.89. The molecule has 0 saturated heterocycles. The lowest BCUT2D eigenvalue weighted by Crippen LogP contribution is -2.30. The number of nitrogens with one attached hydrogen (secondary N) is 1. The van der Waals surface area contributed by atoms with E-state index in [2.05, 4.69) is 23.5 Å². The Bertz CT molecular complexity index is 299. The summed E-state index contributed by atoms with van der Waals surface area (Å²) in [6.07, 6.45) is 7.35. The molecule has 0 aliphatic carbocycles. The maximum absolute atomic E-state index is 5.41. The molecule has 1 heterocycles. The molecule has 1 aromatic heterocycles. The van der Waals surface area contributed by atoms with Crippen molar-refractivity contribution in [3.05, 3.63) is 18.0 Å². The zero-order valence-corrected chi connectivity index (χ0v) is 11.3. The molecule has 1 aromatic rings. The van der Waals surface area contributed by atoms with Gasteiger partial charge in [0.25, 0.3) is 0 Å². The second-order valence-corrected chi connectivity index (χ2v) is 4.30. The first-order valence-electron chi connectivity index (χ1n) is 6.54. The third-order valence-corrected chi connectivity index (χ3v) is 2.85. The van der Waals surface area contributed by atoms with E-state index in [0.29, 0.717) is 6.04 Å². The van der Waals surface area contributed by atoms with Crippen molar-refractivity contribution in [3.8, 4) is 0 Å². The maximum atomic E-state index is 5.41. The molecular weight excluding hydrogens is 214 g/mol. The quantitative estimate of drug-likeness (QED) is 0.667. The molecule has 4 heteroatoms. The van der Waals surface area contributed by atoms with Gasteiger partial charge in [0, 0.05) is 32.5 Å². The zero-order valence-electron chi connectivity index (χ0n) is 11.3. The van der Waals surface area contributed by atoms with Crippen LogP contribution in [0.3, 0.4) is 0 Å². The van der Waals surface area contributed by atoms with Crippen molar-refractivity contribution >= 4 is 0 Å². The maximum Gasteiger partial charge on any atom is 0.0521 e. The number of hydrogen-bond acceptors (Lipinski definition) is 3. The van der Waals surface area contributed by atoms with Crippen LogP contribution in [-0.4, -0.2) is 35.6 Å². The minimum atomic E-state index is 0.548. The number of nitrogens with zero attached hydrogens (tertiary/aromatic N) is 2. The van der Waals surface area contributed by atoms with Gasteiger partial charge in [0.15, 0.2) is 0 Å². The Hall–Kier alpha value is -0.870. The highest BCUT2D eigenvalue weighted by molar-refractivity contribution is 5.03. The van der Waals surface area contributed by atoms with Gasteiger partial charge in [-0.05, 0) is 38.3 Å². The molecule has 0 amide bonds. The van der Waals surface area contributed by atoms with Gasteiger partial charge in [0.1, 0.15) is 0 Å². The van der Waals surface area contributed by atoms with Crippen molar-refractivity contribution in [2.45, 2.75) is 39.2 Å². The van der Waals surface area contributed by atoms with Crippen molar-refractivity contribution < 1.29 is 4.74 Å². The van der Waals surface area contributed by atoms with Crippen molar-refractivity contribution in [2.75, 3.05) is 19.8 Å². The van der Waals surface area contributed by atoms with Crippen molar-refractivity contribution in [2.24, 2.45) is 7.05 Å². The van der Waals surface area contributed by atoms with Crippen LogP contribution in [0.1, 0.15) is 32.3 Å². The Morgan fingerprint density at radius 1 is 1.41 bits per heavy atom. The SMILES string of the molecule is CCNC(CCOCC)CCc1cnn(C)c1. The van der Waals surface area contributed by atoms with E-state index in [0.717, 1.165) is 39.0 Å².